The molecule has 3 aromatic rings. The Kier molecular flexibility index (Phi) is 5.45. The summed E-state index contributed by atoms with van der Waals surface area (Å²) in [6, 6.07) is 11.0. The molecule has 0 saturated carbocycles. The maximum Gasteiger partial charge on any atom is 0.277 e. The number of hydrogen-bond donors (Lipinski definition) is 0. The molecule has 0 spiro atoms. The van der Waals surface area contributed by atoms with Gasteiger partial charge in [0.05, 0.1) is 22.9 Å². The van der Waals surface area contributed by atoms with E-state index in [0.29, 0.717) is 28.2 Å². The van der Waals surface area contributed by atoms with Gasteiger partial charge in [-0.15, -0.1) is 10.2 Å². The largest absolute Gasteiger partial charge is 0.464 e. The molecule has 130 valence electrons. The van der Waals surface area contributed by atoms with E-state index in [1.165, 1.54) is 11.8 Å². The zero-order valence-electron chi connectivity index (χ0n) is 13.7. The first-order chi connectivity index (χ1) is 12.0. The van der Waals surface area contributed by atoms with E-state index in [2.05, 4.69) is 10.2 Å². The zero-order valence-corrected chi connectivity index (χ0v) is 15.3. The van der Waals surface area contributed by atoms with Gasteiger partial charge in [-0.05, 0) is 31.2 Å². The summed E-state index contributed by atoms with van der Waals surface area (Å²) < 4.78 is 11.0. The predicted octanol–water partition coefficient (Wildman–Crippen LogP) is 4.04. The number of nitrogens with zero attached hydrogens (tertiary/aromatic N) is 3. The molecule has 1 aromatic carbocycles. The Bertz CT molecular complexity index is 877. The van der Waals surface area contributed by atoms with Crippen molar-refractivity contribution in [3.8, 4) is 11.5 Å². The Hall–Kier alpha value is -2.25. The normalized spacial score (nSPS) is 10.8. The summed E-state index contributed by atoms with van der Waals surface area (Å²) in [4.78, 5) is 13.8. The Morgan fingerprint density at radius 2 is 2.00 bits per heavy atom. The number of rotatable bonds is 6. The summed E-state index contributed by atoms with van der Waals surface area (Å²) in [6.45, 7) is 2.29. The van der Waals surface area contributed by atoms with Crippen LogP contribution in [0.2, 0.25) is 5.02 Å². The molecular weight excluding hydrogens is 362 g/mol. The molecule has 0 unspecified atom stereocenters. The maximum atomic E-state index is 12.2. The van der Waals surface area contributed by atoms with Gasteiger partial charge in [0.1, 0.15) is 11.5 Å². The van der Waals surface area contributed by atoms with Crippen LogP contribution >= 0.6 is 23.4 Å². The number of furan rings is 1. The summed E-state index contributed by atoms with van der Waals surface area (Å²) in [5, 5.41) is 8.79. The number of aryl methyl sites for hydroxylation is 1. The van der Waals surface area contributed by atoms with Crippen molar-refractivity contribution in [2.45, 2.75) is 18.7 Å². The lowest BCUT2D eigenvalue weighted by molar-refractivity contribution is -0.127. The van der Waals surface area contributed by atoms with E-state index in [1.807, 2.05) is 31.2 Å². The van der Waals surface area contributed by atoms with Crippen LogP contribution < -0.4 is 0 Å². The van der Waals surface area contributed by atoms with Crippen molar-refractivity contribution in [3.63, 3.8) is 0 Å². The Balaban J connectivity index is 1.56. The van der Waals surface area contributed by atoms with Gasteiger partial charge in [-0.3, -0.25) is 4.79 Å². The smallest absolute Gasteiger partial charge is 0.277 e. The summed E-state index contributed by atoms with van der Waals surface area (Å²) in [7, 11) is 1.73. The molecule has 0 fully saturated rings. The van der Waals surface area contributed by atoms with Crippen LogP contribution in [0.3, 0.4) is 0 Å². The standard InChI is InChI=1S/C17H16ClN3O3S/c1-11-7-8-12(23-11)9-21(2)15(22)10-25-17-20-19-16(24-17)13-5-3-4-6-14(13)18/h3-8H,9-10H2,1-2H3. The van der Waals surface area contributed by atoms with Crippen LogP contribution in [0.25, 0.3) is 11.5 Å². The molecule has 0 radical (unpaired) electrons. The van der Waals surface area contributed by atoms with Gasteiger partial charge in [0.15, 0.2) is 0 Å². The first-order valence-electron chi connectivity index (χ1n) is 7.53. The van der Waals surface area contributed by atoms with E-state index in [0.717, 1.165) is 11.5 Å². The van der Waals surface area contributed by atoms with Gasteiger partial charge in [-0.25, -0.2) is 0 Å². The van der Waals surface area contributed by atoms with Gasteiger partial charge in [0, 0.05) is 7.05 Å². The van der Waals surface area contributed by atoms with Crippen molar-refractivity contribution in [2.24, 2.45) is 0 Å². The minimum Gasteiger partial charge on any atom is -0.464 e. The fourth-order valence-corrected chi connectivity index (χ4v) is 3.06. The Morgan fingerprint density at radius 3 is 2.72 bits per heavy atom. The minimum atomic E-state index is -0.0588. The van der Waals surface area contributed by atoms with Crippen LogP contribution in [-0.2, 0) is 11.3 Å². The van der Waals surface area contributed by atoms with E-state index < -0.39 is 0 Å². The summed E-state index contributed by atoms with van der Waals surface area (Å²) in [5.74, 6) is 2.04. The molecule has 0 aliphatic carbocycles. The number of amides is 1. The van der Waals surface area contributed by atoms with Gasteiger partial charge < -0.3 is 13.7 Å². The third kappa shape index (κ3) is 4.43. The number of thioether (sulfide) groups is 1. The highest BCUT2D eigenvalue weighted by molar-refractivity contribution is 7.99. The molecule has 6 nitrogen and oxygen atoms in total. The van der Waals surface area contributed by atoms with Gasteiger partial charge in [-0.2, -0.15) is 0 Å². The average molecular weight is 378 g/mol. The van der Waals surface area contributed by atoms with Crippen LogP contribution in [0, 0.1) is 6.92 Å². The molecule has 2 heterocycles. The van der Waals surface area contributed by atoms with Gasteiger partial charge in [0.25, 0.3) is 5.22 Å². The van der Waals surface area contributed by atoms with Crippen LogP contribution in [0.15, 0.2) is 50.5 Å². The number of hydrogen-bond acceptors (Lipinski definition) is 6. The summed E-state index contributed by atoms with van der Waals surface area (Å²) in [5.41, 5.74) is 0.667. The highest BCUT2D eigenvalue weighted by Crippen LogP contribution is 2.28. The van der Waals surface area contributed by atoms with Crippen LogP contribution in [0.4, 0.5) is 0 Å². The molecule has 25 heavy (non-hydrogen) atoms. The molecule has 3 rings (SSSR count). The molecule has 0 aliphatic heterocycles. The van der Waals surface area contributed by atoms with E-state index in [1.54, 1.807) is 24.1 Å². The van der Waals surface area contributed by atoms with Gasteiger partial charge in [-0.1, -0.05) is 35.5 Å². The Labute approximate surface area is 154 Å². The number of carbonyl (C=O) groups excluding carboxylic acids is 1. The van der Waals surface area contributed by atoms with Crippen molar-refractivity contribution in [3.05, 3.63) is 52.9 Å². The van der Waals surface area contributed by atoms with E-state index in [4.69, 9.17) is 20.4 Å². The maximum absolute atomic E-state index is 12.2. The van der Waals surface area contributed by atoms with E-state index in [9.17, 15) is 4.79 Å². The van der Waals surface area contributed by atoms with Crippen molar-refractivity contribution in [1.82, 2.24) is 15.1 Å². The number of carbonyl (C=O) groups is 1. The van der Waals surface area contributed by atoms with Crippen molar-refractivity contribution >= 4 is 29.3 Å². The predicted molar refractivity (Wildman–Crippen MR) is 95.4 cm³/mol. The summed E-state index contributed by atoms with van der Waals surface area (Å²) in [6.07, 6.45) is 0. The molecule has 0 atom stereocenters. The highest BCUT2D eigenvalue weighted by atomic mass is 35.5. The summed E-state index contributed by atoms with van der Waals surface area (Å²) >= 11 is 7.30. The quantitative estimate of drug-likeness (QED) is 0.603. The second kappa shape index (κ2) is 7.76. The second-order valence-corrected chi connectivity index (χ2v) is 6.74. The van der Waals surface area contributed by atoms with Crippen LogP contribution in [0.5, 0.6) is 0 Å². The van der Waals surface area contributed by atoms with Crippen molar-refractivity contribution < 1.29 is 13.6 Å². The third-order valence-corrected chi connectivity index (χ3v) is 4.58. The molecular formula is C17H16ClN3O3S. The average Bonchev–Trinajstić information content (AvgIpc) is 3.22. The van der Waals surface area contributed by atoms with Gasteiger partial charge in [0.2, 0.25) is 11.8 Å². The molecule has 0 aliphatic rings. The molecule has 0 N–H and O–H groups in total. The monoisotopic (exact) mass is 377 g/mol. The lowest BCUT2D eigenvalue weighted by atomic mass is 10.2. The van der Waals surface area contributed by atoms with Crippen molar-refractivity contribution in [1.29, 1.82) is 0 Å². The van der Waals surface area contributed by atoms with Crippen LogP contribution in [-0.4, -0.2) is 33.8 Å². The zero-order chi connectivity index (χ0) is 17.8. The molecule has 2 aromatic heterocycles. The topological polar surface area (TPSA) is 72.4 Å². The fraction of sp³-hybridized carbons (Fsp3) is 0.235. The van der Waals surface area contributed by atoms with E-state index >= 15 is 0 Å². The first-order valence-corrected chi connectivity index (χ1v) is 8.90. The molecule has 0 saturated heterocycles. The van der Waals surface area contributed by atoms with Gasteiger partial charge >= 0.3 is 0 Å². The lowest BCUT2D eigenvalue weighted by Gasteiger charge is -2.14. The number of benzene rings is 1. The van der Waals surface area contributed by atoms with Crippen molar-refractivity contribution in [2.75, 3.05) is 12.8 Å². The fourth-order valence-electron chi connectivity index (χ4n) is 2.14. The molecule has 0 bridgehead atoms. The Morgan fingerprint density at radius 1 is 1.20 bits per heavy atom. The second-order valence-electron chi connectivity index (χ2n) is 5.40. The lowest BCUT2D eigenvalue weighted by Crippen LogP contribution is -2.27. The van der Waals surface area contributed by atoms with Crippen LogP contribution in [0.1, 0.15) is 11.5 Å². The SMILES string of the molecule is Cc1ccc(CN(C)C(=O)CSc2nnc(-c3ccccc3Cl)o2)o1. The number of aromatic nitrogens is 2. The van der Waals surface area contributed by atoms with E-state index in [-0.39, 0.29) is 11.7 Å². The minimum absolute atomic E-state index is 0.0588. The highest BCUT2D eigenvalue weighted by Gasteiger charge is 2.16. The molecule has 8 heteroatoms. The molecule has 1 amide bonds. The first kappa shape index (κ1) is 17.6. The third-order valence-electron chi connectivity index (χ3n) is 3.44. The number of halogens is 1.